The predicted octanol–water partition coefficient (Wildman–Crippen LogP) is 3.84. The van der Waals surface area contributed by atoms with Crippen molar-refractivity contribution < 1.29 is 0 Å². The molecule has 0 aliphatic carbocycles. The summed E-state index contributed by atoms with van der Waals surface area (Å²) in [7, 11) is 0. The largest absolute Gasteiger partial charge is 0.382 e. The number of nitrogens with zero attached hydrogens (tertiary/aromatic N) is 4. The predicted molar refractivity (Wildman–Crippen MR) is 112 cm³/mol. The molecule has 5 N–H and O–H groups in total. The molecule has 0 aliphatic heterocycles. The third-order valence-electron chi connectivity index (χ3n) is 3.76. The number of anilines is 2. The average molecular weight is 426 g/mol. The Bertz CT molecular complexity index is 938. The minimum Gasteiger partial charge on any atom is -0.382 e. The van der Waals surface area contributed by atoms with Crippen LogP contribution in [-0.4, -0.2) is 32.1 Å². The highest BCUT2D eigenvalue weighted by atomic mass is 35.5. The van der Waals surface area contributed by atoms with E-state index < -0.39 is 0 Å². The van der Waals surface area contributed by atoms with Gasteiger partial charge in [0.1, 0.15) is 0 Å². The summed E-state index contributed by atoms with van der Waals surface area (Å²) in [6.45, 7) is 5.82. The number of imidazole rings is 1. The van der Waals surface area contributed by atoms with E-state index in [2.05, 4.69) is 34.1 Å². The molecule has 0 bridgehead atoms. The van der Waals surface area contributed by atoms with Crippen LogP contribution in [0.25, 0.3) is 11.2 Å². The number of hydrogen-bond acceptors (Lipinski definition) is 7. The van der Waals surface area contributed by atoms with Crippen LogP contribution < -0.4 is 16.8 Å². The molecule has 7 nitrogen and oxygen atoms in total. The minimum atomic E-state index is 0.129. The van der Waals surface area contributed by atoms with Gasteiger partial charge in [0.15, 0.2) is 22.1 Å². The molecule has 2 heterocycles. The lowest BCUT2D eigenvalue weighted by Crippen LogP contribution is -2.24. The first-order valence-corrected chi connectivity index (χ1v) is 10.1. The van der Waals surface area contributed by atoms with Gasteiger partial charge in [-0.25, -0.2) is 4.98 Å². The molecule has 0 fully saturated rings. The second-order valence-electron chi connectivity index (χ2n) is 6.35. The first-order chi connectivity index (χ1) is 12.8. The van der Waals surface area contributed by atoms with E-state index in [0.29, 0.717) is 33.8 Å². The van der Waals surface area contributed by atoms with Crippen molar-refractivity contribution in [3.8, 4) is 0 Å². The van der Waals surface area contributed by atoms with Gasteiger partial charge in [-0.1, -0.05) is 48.8 Å². The van der Waals surface area contributed by atoms with Crippen LogP contribution in [0.1, 0.15) is 20.3 Å². The Balaban J connectivity index is 1.96. The SMILES string of the molecule is CC(C)NCCCn1c(Sc2cc(Cl)cc(Cl)c2)nc2c(N)nc(N)nc21. The van der Waals surface area contributed by atoms with Crippen molar-refractivity contribution in [1.82, 2.24) is 24.8 Å². The molecule has 3 aromatic rings. The van der Waals surface area contributed by atoms with Gasteiger partial charge in [0.25, 0.3) is 0 Å². The molecule has 3 rings (SSSR count). The molecular weight excluding hydrogens is 405 g/mol. The number of nitrogen functional groups attached to an aromatic ring is 2. The molecule has 2 aromatic heterocycles. The fraction of sp³-hybridized carbons (Fsp3) is 0.353. The topological polar surface area (TPSA) is 108 Å². The fourth-order valence-electron chi connectivity index (χ4n) is 2.62. The van der Waals surface area contributed by atoms with Crippen LogP contribution in [-0.2, 0) is 6.54 Å². The third-order valence-corrected chi connectivity index (χ3v) is 5.16. The maximum Gasteiger partial charge on any atom is 0.224 e. The molecule has 1 aromatic carbocycles. The lowest BCUT2D eigenvalue weighted by atomic mass is 10.3. The van der Waals surface area contributed by atoms with E-state index in [1.54, 1.807) is 6.07 Å². The molecule has 0 saturated carbocycles. The van der Waals surface area contributed by atoms with E-state index in [0.717, 1.165) is 23.0 Å². The molecule has 144 valence electrons. The maximum atomic E-state index is 6.12. The lowest BCUT2D eigenvalue weighted by molar-refractivity contribution is 0.525. The Morgan fingerprint density at radius 3 is 2.48 bits per heavy atom. The van der Waals surface area contributed by atoms with Crippen LogP contribution in [0.5, 0.6) is 0 Å². The number of halogens is 2. The maximum absolute atomic E-state index is 6.12. The summed E-state index contributed by atoms with van der Waals surface area (Å²) in [5.41, 5.74) is 13.0. The van der Waals surface area contributed by atoms with Crippen molar-refractivity contribution in [2.75, 3.05) is 18.0 Å². The van der Waals surface area contributed by atoms with Gasteiger partial charge in [0.2, 0.25) is 5.95 Å². The second-order valence-corrected chi connectivity index (χ2v) is 8.27. The van der Waals surface area contributed by atoms with Crippen LogP contribution in [0.15, 0.2) is 28.3 Å². The van der Waals surface area contributed by atoms with Crippen LogP contribution in [0.2, 0.25) is 10.0 Å². The fourth-order valence-corrected chi connectivity index (χ4v) is 4.28. The number of fused-ring (bicyclic) bond motifs is 1. The van der Waals surface area contributed by atoms with Gasteiger partial charge in [0.05, 0.1) is 0 Å². The molecule has 10 heteroatoms. The van der Waals surface area contributed by atoms with E-state index in [4.69, 9.17) is 34.7 Å². The number of benzene rings is 1. The molecule has 0 saturated heterocycles. The molecular formula is C17H21Cl2N7S. The Morgan fingerprint density at radius 2 is 1.81 bits per heavy atom. The zero-order valence-corrected chi connectivity index (χ0v) is 17.4. The Hall–Kier alpha value is -1.74. The van der Waals surface area contributed by atoms with E-state index in [1.165, 1.54) is 11.8 Å². The molecule has 27 heavy (non-hydrogen) atoms. The normalized spacial score (nSPS) is 11.6. The minimum absolute atomic E-state index is 0.129. The molecule has 0 atom stereocenters. The van der Waals surface area contributed by atoms with E-state index in [-0.39, 0.29) is 11.8 Å². The number of nitrogens with two attached hydrogens (primary N) is 2. The van der Waals surface area contributed by atoms with E-state index in [1.807, 2.05) is 16.7 Å². The highest BCUT2D eigenvalue weighted by Crippen LogP contribution is 2.34. The zero-order valence-electron chi connectivity index (χ0n) is 15.0. The molecule has 0 spiro atoms. The van der Waals surface area contributed by atoms with Crippen LogP contribution in [0.4, 0.5) is 11.8 Å². The van der Waals surface area contributed by atoms with Crippen LogP contribution >= 0.6 is 35.0 Å². The van der Waals surface area contributed by atoms with Crippen LogP contribution in [0.3, 0.4) is 0 Å². The van der Waals surface area contributed by atoms with Crippen molar-refractivity contribution >= 4 is 57.9 Å². The Morgan fingerprint density at radius 1 is 1.11 bits per heavy atom. The summed E-state index contributed by atoms with van der Waals surface area (Å²) < 4.78 is 2.01. The van der Waals surface area contributed by atoms with Gasteiger partial charge in [0, 0.05) is 27.5 Å². The summed E-state index contributed by atoms with van der Waals surface area (Å²) in [6.07, 6.45) is 0.900. The Labute approximate surface area is 171 Å². The van der Waals surface area contributed by atoms with Gasteiger partial charge in [-0.2, -0.15) is 9.97 Å². The van der Waals surface area contributed by atoms with Gasteiger partial charge in [-0.3, -0.25) is 0 Å². The Kier molecular flexibility index (Phi) is 6.31. The standard InChI is InChI=1S/C17H21Cl2N7S/c1-9(2)22-4-3-5-26-15-13(14(20)24-16(21)25-15)23-17(26)27-12-7-10(18)6-11(19)8-12/h6-9,22H,3-5H2,1-2H3,(H4,20,21,24,25). The number of aryl methyl sites for hydroxylation is 1. The lowest BCUT2D eigenvalue weighted by Gasteiger charge is -2.11. The summed E-state index contributed by atoms with van der Waals surface area (Å²) in [4.78, 5) is 13.9. The van der Waals surface area contributed by atoms with Crippen molar-refractivity contribution in [3.63, 3.8) is 0 Å². The first-order valence-electron chi connectivity index (χ1n) is 8.50. The van der Waals surface area contributed by atoms with Crippen molar-refractivity contribution in [3.05, 3.63) is 28.2 Å². The quantitative estimate of drug-likeness (QED) is 0.493. The first kappa shape index (κ1) is 20.0. The molecule has 0 amide bonds. The second kappa shape index (κ2) is 8.52. The van der Waals surface area contributed by atoms with Crippen molar-refractivity contribution in [2.24, 2.45) is 0 Å². The van der Waals surface area contributed by atoms with Gasteiger partial charge < -0.3 is 21.4 Å². The number of rotatable bonds is 7. The van der Waals surface area contributed by atoms with Gasteiger partial charge in [-0.15, -0.1) is 0 Å². The van der Waals surface area contributed by atoms with Crippen molar-refractivity contribution in [1.29, 1.82) is 0 Å². The third kappa shape index (κ3) is 4.95. The number of aromatic nitrogens is 4. The smallest absolute Gasteiger partial charge is 0.224 e. The zero-order chi connectivity index (χ0) is 19.6. The molecule has 0 unspecified atom stereocenters. The monoisotopic (exact) mass is 425 g/mol. The number of nitrogens with one attached hydrogen (secondary N) is 1. The van der Waals surface area contributed by atoms with E-state index in [9.17, 15) is 0 Å². The average Bonchev–Trinajstić information content (AvgIpc) is 2.88. The summed E-state index contributed by atoms with van der Waals surface area (Å²) in [5.74, 6) is 0.395. The van der Waals surface area contributed by atoms with E-state index >= 15 is 0 Å². The van der Waals surface area contributed by atoms with Crippen LogP contribution in [0, 0.1) is 0 Å². The highest BCUT2D eigenvalue weighted by molar-refractivity contribution is 7.99. The summed E-state index contributed by atoms with van der Waals surface area (Å²) >= 11 is 13.7. The van der Waals surface area contributed by atoms with Gasteiger partial charge >= 0.3 is 0 Å². The molecule has 0 aliphatic rings. The number of hydrogen-bond donors (Lipinski definition) is 3. The van der Waals surface area contributed by atoms with Crippen molar-refractivity contribution in [2.45, 2.75) is 42.9 Å². The summed E-state index contributed by atoms with van der Waals surface area (Å²) in [5, 5.41) is 5.27. The summed E-state index contributed by atoms with van der Waals surface area (Å²) in [6, 6.07) is 5.80. The molecule has 0 radical (unpaired) electrons. The van der Waals surface area contributed by atoms with Gasteiger partial charge in [-0.05, 0) is 31.2 Å². The highest BCUT2D eigenvalue weighted by Gasteiger charge is 2.17.